The van der Waals surface area contributed by atoms with Crippen LogP contribution in [-0.2, 0) is 16.0 Å². The highest BCUT2D eigenvalue weighted by atomic mass is 35.5. The monoisotopic (exact) mass is 326 g/mol. The average Bonchev–Trinajstić information content (AvgIpc) is 2.55. The molecule has 118 valence electrons. The minimum absolute atomic E-state index is 0.0595. The Hall–Kier alpha value is -1.93. The highest BCUT2D eigenvalue weighted by molar-refractivity contribution is 6.30. The van der Waals surface area contributed by atoms with Gasteiger partial charge in [-0.2, -0.15) is 0 Å². The second kappa shape index (κ2) is 6.67. The predicted molar refractivity (Wildman–Crippen MR) is 92.9 cm³/mol. The molecule has 3 heteroatoms. The number of carbonyl (C=O) groups excluding carboxylic acids is 2. The summed E-state index contributed by atoms with van der Waals surface area (Å²) < 4.78 is 0. The summed E-state index contributed by atoms with van der Waals surface area (Å²) in [7, 11) is 0. The maximum Gasteiger partial charge on any atom is 0.147 e. The molecule has 3 rings (SSSR count). The van der Waals surface area contributed by atoms with Crippen LogP contribution in [-0.4, -0.2) is 11.6 Å². The highest BCUT2D eigenvalue weighted by Crippen LogP contribution is 2.33. The maximum absolute atomic E-state index is 12.3. The first-order valence-corrected chi connectivity index (χ1v) is 8.42. The third-order valence-electron chi connectivity index (χ3n) is 4.51. The maximum atomic E-state index is 12.3. The molecule has 0 N–H and O–H groups in total. The van der Waals surface area contributed by atoms with Gasteiger partial charge >= 0.3 is 0 Å². The fraction of sp³-hybridized carbons (Fsp3) is 0.300. The molecule has 2 aromatic rings. The number of rotatable bonds is 3. The van der Waals surface area contributed by atoms with E-state index in [1.165, 1.54) is 0 Å². The number of Topliss-reactive ketones (excluding diaryl/α,β-unsaturated/α-hetero) is 2. The average molecular weight is 327 g/mol. The van der Waals surface area contributed by atoms with E-state index in [-0.39, 0.29) is 11.6 Å². The van der Waals surface area contributed by atoms with Crippen molar-refractivity contribution in [3.63, 3.8) is 0 Å². The second-order valence-corrected chi connectivity index (χ2v) is 6.43. The van der Waals surface area contributed by atoms with Crippen molar-refractivity contribution in [2.75, 3.05) is 0 Å². The molecular weight excluding hydrogens is 308 g/mol. The standard InChI is InChI=1S/C20H19ClO2/c1-2-13-6-7-15(14-8-10-16(21)11-9-14)12-17(13)20-18(22)4-3-5-19(20)23/h6-12,20H,2-5H2,1H3. The van der Waals surface area contributed by atoms with Crippen LogP contribution in [0.25, 0.3) is 11.1 Å². The van der Waals surface area contributed by atoms with Crippen LogP contribution in [0, 0.1) is 0 Å². The topological polar surface area (TPSA) is 34.1 Å². The van der Waals surface area contributed by atoms with E-state index in [0.29, 0.717) is 24.3 Å². The zero-order chi connectivity index (χ0) is 16.4. The van der Waals surface area contributed by atoms with E-state index >= 15 is 0 Å². The van der Waals surface area contributed by atoms with Crippen molar-refractivity contribution in [3.05, 3.63) is 58.6 Å². The lowest BCUT2D eigenvalue weighted by Gasteiger charge is -2.22. The van der Waals surface area contributed by atoms with Crippen LogP contribution in [0.4, 0.5) is 0 Å². The van der Waals surface area contributed by atoms with Gasteiger partial charge in [-0.25, -0.2) is 0 Å². The van der Waals surface area contributed by atoms with Gasteiger partial charge in [-0.1, -0.05) is 42.8 Å². The van der Waals surface area contributed by atoms with Crippen LogP contribution in [0.15, 0.2) is 42.5 Å². The molecule has 0 saturated heterocycles. The SMILES string of the molecule is CCc1ccc(-c2ccc(Cl)cc2)cc1C1C(=O)CCCC1=O. The van der Waals surface area contributed by atoms with Crippen LogP contribution in [0.1, 0.15) is 43.2 Å². The summed E-state index contributed by atoms with van der Waals surface area (Å²) in [6.45, 7) is 2.05. The van der Waals surface area contributed by atoms with Gasteiger partial charge in [-0.3, -0.25) is 9.59 Å². The number of halogens is 1. The molecule has 0 atom stereocenters. The van der Waals surface area contributed by atoms with Crippen molar-refractivity contribution in [1.82, 2.24) is 0 Å². The Morgan fingerprint density at radius 2 is 1.57 bits per heavy atom. The molecule has 0 heterocycles. The number of aryl methyl sites for hydroxylation is 1. The molecule has 1 fully saturated rings. The van der Waals surface area contributed by atoms with Gasteiger partial charge in [0.25, 0.3) is 0 Å². The van der Waals surface area contributed by atoms with Crippen molar-refractivity contribution in [2.45, 2.75) is 38.5 Å². The summed E-state index contributed by atoms with van der Waals surface area (Å²) in [5.41, 5.74) is 4.01. The van der Waals surface area contributed by atoms with Crippen LogP contribution in [0.5, 0.6) is 0 Å². The minimum atomic E-state index is -0.578. The molecule has 0 aromatic heterocycles. The molecule has 1 aliphatic rings. The number of benzene rings is 2. The molecule has 0 aliphatic heterocycles. The summed E-state index contributed by atoms with van der Waals surface area (Å²) in [5, 5.41) is 0.691. The molecule has 0 unspecified atom stereocenters. The highest BCUT2D eigenvalue weighted by Gasteiger charge is 2.32. The first kappa shape index (κ1) is 15.9. The van der Waals surface area contributed by atoms with Crippen molar-refractivity contribution in [2.24, 2.45) is 0 Å². The van der Waals surface area contributed by atoms with Gasteiger partial charge in [0.05, 0.1) is 0 Å². The Kier molecular flexibility index (Phi) is 4.63. The summed E-state index contributed by atoms with van der Waals surface area (Å²) in [6.07, 6.45) is 2.51. The largest absolute Gasteiger partial charge is 0.299 e. The van der Waals surface area contributed by atoms with Crippen LogP contribution >= 0.6 is 11.6 Å². The van der Waals surface area contributed by atoms with Gasteiger partial charge in [-0.05, 0) is 53.3 Å². The molecule has 2 aromatic carbocycles. The molecule has 0 spiro atoms. The number of hydrogen-bond donors (Lipinski definition) is 0. The van der Waals surface area contributed by atoms with E-state index in [2.05, 4.69) is 6.92 Å². The molecule has 0 amide bonds. The van der Waals surface area contributed by atoms with Gasteiger partial charge in [0.15, 0.2) is 0 Å². The Labute approximate surface area is 141 Å². The predicted octanol–water partition coefficient (Wildman–Crippen LogP) is 4.98. The number of ketones is 2. The van der Waals surface area contributed by atoms with Gasteiger partial charge in [0.1, 0.15) is 17.5 Å². The first-order valence-electron chi connectivity index (χ1n) is 8.04. The fourth-order valence-electron chi connectivity index (χ4n) is 3.26. The van der Waals surface area contributed by atoms with E-state index in [1.54, 1.807) is 0 Å². The van der Waals surface area contributed by atoms with Gasteiger partial charge in [0.2, 0.25) is 0 Å². The third-order valence-corrected chi connectivity index (χ3v) is 4.76. The minimum Gasteiger partial charge on any atom is -0.299 e. The lowest BCUT2D eigenvalue weighted by molar-refractivity contribution is -0.131. The summed E-state index contributed by atoms with van der Waals surface area (Å²) in [6, 6.07) is 13.7. The zero-order valence-electron chi connectivity index (χ0n) is 13.1. The van der Waals surface area contributed by atoms with Gasteiger partial charge in [-0.15, -0.1) is 0 Å². The first-order chi connectivity index (χ1) is 11.1. The van der Waals surface area contributed by atoms with E-state index in [9.17, 15) is 9.59 Å². The molecule has 0 radical (unpaired) electrons. The van der Waals surface area contributed by atoms with Crippen molar-refractivity contribution >= 4 is 23.2 Å². The zero-order valence-corrected chi connectivity index (χ0v) is 13.9. The molecule has 1 saturated carbocycles. The summed E-state index contributed by atoms with van der Waals surface area (Å²) in [4.78, 5) is 24.7. The van der Waals surface area contributed by atoms with Crippen molar-refractivity contribution in [1.29, 1.82) is 0 Å². The van der Waals surface area contributed by atoms with E-state index < -0.39 is 5.92 Å². The molecule has 0 bridgehead atoms. The molecular formula is C20H19ClO2. The Morgan fingerprint density at radius 1 is 0.957 bits per heavy atom. The Bertz CT molecular complexity index is 731. The lowest BCUT2D eigenvalue weighted by atomic mass is 9.79. The van der Waals surface area contributed by atoms with E-state index in [0.717, 1.165) is 28.7 Å². The number of carbonyl (C=O) groups is 2. The lowest BCUT2D eigenvalue weighted by Crippen LogP contribution is -2.27. The molecule has 1 aliphatic carbocycles. The van der Waals surface area contributed by atoms with Crippen LogP contribution in [0.3, 0.4) is 0 Å². The third kappa shape index (κ3) is 3.23. The number of hydrogen-bond acceptors (Lipinski definition) is 2. The van der Waals surface area contributed by atoms with Crippen LogP contribution in [0.2, 0.25) is 5.02 Å². The van der Waals surface area contributed by atoms with Gasteiger partial charge in [0, 0.05) is 17.9 Å². The second-order valence-electron chi connectivity index (χ2n) is 5.99. The molecule has 2 nitrogen and oxygen atoms in total. The fourth-order valence-corrected chi connectivity index (χ4v) is 3.39. The van der Waals surface area contributed by atoms with Gasteiger partial charge < -0.3 is 0 Å². The van der Waals surface area contributed by atoms with Crippen molar-refractivity contribution < 1.29 is 9.59 Å². The van der Waals surface area contributed by atoms with E-state index in [1.807, 2.05) is 42.5 Å². The van der Waals surface area contributed by atoms with Crippen molar-refractivity contribution in [3.8, 4) is 11.1 Å². The smallest absolute Gasteiger partial charge is 0.147 e. The quantitative estimate of drug-likeness (QED) is 0.746. The summed E-state index contributed by atoms with van der Waals surface area (Å²) >= 11 is 5.95. The van der Waals surface area contributed by atoms with Crippen LogP contribution < -0.4 is 0 Å². The molecule has 23 heavy (non-hydrogen) atoms. The summed E-state index contributed by atoms with van der Waals surface area (Å²) in [5.74, 6) is -0.459. The Balaban J connectivity index is 2.07. The Morgan fingerprint density at radius 3 is 2.17 bits per heavy atom. The van der Waals surface area contributed by atoms with E-state index in [4.69, 9.17) is 11.6 Å². The normalized spacial score (nSPS) is 15.9.